The number of halogens is 22. The molecule has 306 valence electrons. The largest absolute Gasteiger partial charge is 0.527 e. The fraction of sp³-hybridized carbons (Fsp3) is 0.714. The second-order valence-corrected chi connectivity index (χ2v) is 9.14. The zero-order valence-corrected chi connectivity index (χ0v) is 24.3. The van der Waals surface area contributed by atoms with Crippen molar-refractivity contribution in [3.63, 3.8) is 0 Å². The predicted molar refractivity (Wildman–Crippen MR) is 111 cm³/mol. The summed E-state index contributed by atoms with van der Waals surface area (Å²) in [6.07, 6.45) is -78.9. The molecule has 0 fully saturated rings. The molecular formula is C21H14F22O9. The highest BCUT2D eigenvalue weighted by Crippen LogP contribution is 2.53. The standard InChI is InChI=1S/C21H14F22O9/c1-6(2)9(44)46-5-8(47-10(45)7(3)4)12(24,11(22)23)48-13(25,26)14(27,28)49-15(29,30)16(31,32)50-17(33,34)18(35,36)51-19(37,38)20(39,40)52-21(41,42)43/h8,11H,1,3,5H2,2,4H3. The summed E-state index contributed by atoms with van der Waals surface area (Å²) >= 11 is 0. The molecule has 0 N–H and O–H groups in total. The zero-order chi connectivity index (χ0) is 42.1. The Kier molecular flexibility index (Phi) is 14.2. The quantitative estimate of drug-likeness (QED) is 0.0690. The van der Waals surface area contributed by atoms with Gasteiger partial charge in [-0.15, -0.1) is 13.2 Å². The van der Waals surface area contributed by atoms with Crippen LogP contribution >= 0.6 is 0 Å². The predicted octanol–water partition coefficient (Wildman–Crippen LogP) is 7.87. The number of hydrogen-bond donors (Lipinski definition) is 0. The molecule has 0 radical (unpaired) electrons. The Morgan fingerprint density at radius 3 is 1.00 bits per heavy atom. The number of hydrogen-bond acceptors (Lipinski definition) is 9. The van der Waals surface area contributed by atoms with Gasteiger partial charge in [0, 0.05) is 11.1 Å². The first kappa shape index (κ1) is 48.7. The summed E-state index contributed by atoms with van der Waals surface area (Å²) < 4.78 is 310. The number of ether oxygens (including phenoxy) is 7. The second kappa shape index (κ2) is 15.2. The molecule has 0 aromatic carbocycles. The summed E-state index contributed by atoms with van der Waals surface area (Å²) in [6.45, 7) is 4.84. The van der Waals surface area contributed by atoms with Gasteiger partial charge in [0.2, 0.25) is 6.10 Å². The van der Waals surface area contributed by atoms with Crippen LogP contribution < -0.4 is 0 Å². The van der Waals surface area contributed by atoms with Crippen molar-refractivity contribution in [2.24, 2.45) is 0 Å². The average molecular weight is 828 g/mol. The number of esters is 2. The summed E-state index contributed by atoms with van der Waals surface area (Å²) in [4.78, 5) is 23.1. The van der Waals surface area contributed by atoms with Crippen molar-refractivity contribution in [1.82, 2.24) is 0 Å². The highest BCUT2D eigenvalue weighted by atomic mass is 19.4. The van der Waals surface area contributed by atoms with Gasteiger partial charge in [0.15, 0.2) is 0 Å². The Balaban J connectivity index is 6.59. The summed E-state index contributed by atoms with van der Waals surface area (Å²) in [5.41, 5.74) is -1.66. The molecule has 0 rings (SSSR count). The Morgan fingerprint density at radius 1 is 0.481 bits per heavy atom. The van der Waals surface area contributed by atoms with Gasteiger partial charge in [-0.25, -0.2) is 41.7 Å². The van der Waals surface area contributed by atoms with Crippen molar-refractivity contribution in [3.05, 3.63) is 24.3 Å². The summed E-state index contributed by atoms with van der Waals surface area (Å²) in [5.74, 6) is -9.90. The molecule has 0 heterocycles. The third kappa shape index (κ3) is 11.6. The molecule has 0 bridgehead atoms. The fourth-order valence-electron chi connectivity index (χ4n) is 2.28. The van der Waals surface area contributed by atoms with Gasteiger partial charge in [-0.2, -0.15) is 70.2 Å². The first-order chi connectivity index (χ1) is 22.5. The molecule has 0 aliphatic heterocycles. The lowest BCUT2D eigenvalue weighted by Gasteiger charge is -2.38. The molecule has 0 aromatic rings. The van der Waals surface area contributed by atoms with E-state index in [4.69, 9.17) is 0 Å². The lowest BCUT2D eigenvalue weighted by Crippen LogP contribution is -2.62. The maximum atomic E-state index is 15.1. The number of carbonyl (C=O) groups excluding carboxylic acids is 2. The molecular weight excluding hydrogens is 814 g/mol. The molecule has 0 saturated heterocycles. The Hall–Kier alpha value is -3.32. The highest BCUT2D eigenvalue weighted by molar-refractivity contribution is 5.87. The Labute approximate surface area is 270 Å². The van der Waals surface area contributed by atoms with Crippen LogP contribution in [-0.2, 0) is 42.7 Å². The van der Waals surface area contributed by atoms with E-state index in [-0.39, 0.29) is 0 Å². The van der Waals surface area contributed by atoms with Gasteiger partial charge >= 0.3 is 79.4 Å². The molecule has 0 saturated carbocycles. The SMILES string of the molecule is C=C(C)C(=O)OCC(OC(=O)C(=C)C)C(F)(OC(F)(F)C(F)(F)OC(F)(F)C(F)(F)OC(F)(F)C(F)(F)OC(F)(F)C(F)(F)OC(F)(F)F)C(F)F. The van der Waals surface area contributed by atoms with Crippen LogP contribution in [0, 0.1) is 0 Å². The average Bonchev–Trinajstić information content (AvgIpc) is 2.86. The van der Waals surface area contributed by atoms with Gasteiger partial charge in [0.1, 0.15) is 6.61 Å². The zero-order valence-electron chi connectivity index (χ0n) is 24.3. The topological polar surface area (TPSA) is 98.8 Å². The van der Waals surface area contributed by atoms with Crippen LogP contribution in [0.1, 0.15) is 13.8 Å². The number of carbonyl (C=O) groups is 2. The molecule has 0 aromatic heterocycles. The minimum atomic E-state index is -8.07. The maximum Gasteiger partial charge on any atom is 0.527 e. The molecule has 9 nitrogen and oxygen atoms in total. The van der Waals surface area contributed by atoms with Crippen molar-refractivity contribution in [1.29, 1.82) is 0 Å². The van der Waals surface area contributed by atoms with E-state index in [9.17, 15) is 102 Å². The van der Waals surface area contributed by atoms with E-state index in [1.165, 1.54) is 18.9 Å². The maximum absolute atomic E-state index is 15.1. The van der Waals surface area contributed by atoms with Gasteiger partial charge in [0.25, 0.3) is 0 Å². The molecule has 31 heteroatoms. The summed E-state index contributed by atoms with van der Waals surface area (Å²) in [7, 11) is 0. The van der Waals surface area contributed by atoms with E-state index in [0.717, 1.165) is 6.92 Å². The molecule has 0 spiro atoms. The lowest BCUT2D eigenvalue weighted by molar-refractivity contribution is -0.589. The Morgan fingerprint density at radius 2 is 0.750 bits per heavy atom. The minimum absolute atomic E-state index is 0.623. The van der Waals surface area contributed by atoms with Crippen LogP contribution in [0.15, 0.2) is 24.3 Å². The molecule has 2 atom stereocenters. The monoisotopic (exact) mass is 828 g/mol. The second-order valence-electron chi connectivity index (χ2n) is 9.14. The van der Waals surface area contributed by atoms with Crippen LogP contribution in [0.4, 0.5) is 96.6 Å². The van der Waals surface area contributed by atoms with Gasteiger partial charge in [-0.3, -0.25) is 4.74 Å². The lowest BCUT2D eigenvalue weighted by atomic mass is 10.1. The van der Waals surface area contributed by atoms with Gasteiger partial charge < -0.3 is 9.47 Å². The third-order valence-corrected chi connectivity index (χ3v) is 4.70. The molecule has 0 aliphatic rings. The minimum Gasteiger partial charge on any atom is -0.458 e. The first-order valence-electron chi connectivity index (χ1n) is 11.8. The van der Waals surface area contributed by atoms with E-state index in [1.54, 1.807) is 0 Å². The number of rotatable bonds is 20. The van der Waals surface area contributed by atoms with Crippen molar-refractivity contribution in [2.45, 2.75) is 87.5 Å². The van der Waals surface area contributed by atoms with Crippen LogP contribution in [0.2, 0.25) is 0 Å². The number of alkyl halides is 22. The third-order valence-electron chi connectivity index (χ3n) is 4.70. The molecule has 0 amide bonds. The Bertz CT molecular complexity index is 1310. The van der Waals surface area contributed by atoms with E-state index in [2.05, 4.69) is 27.4 Å². The van der Waals surface area contributed by atoms with Crippen LogP contribution in [0.5, 0.6) is 0 Å². The van der Waals surface area contributed by atoms with E-state index in [1.807, 2.05) is 0 Å². The summed E-state index contributed by atoms with van der Waals surface area (Å²) in [5, 5.41) is 0. The van der Waals surface area contributed by atoms with Crippen LogP contribution in [0.3, 0.4) is 0 Å². The van der Waals surface area contributed by atoms with Gasteiger partial charge in [-0.05, 0) is 13.8 Å². The normalized spacial score (nSPS) is 16.3. The first-order valence-corrected chi connectivity index (χ1v) is 11.8. The molecule has 0 aliphatic carbocycles. The smallest absolute Gasteiger partial charge is 0.458 e. The van der Waals surface area contributed by atoms with Gasteiger partial charge in [0.05, 0.1) is 0 Å². The molecule has 52 heavy (non-hydrogen) atoms. The van der Waals surface area contributed by atoms with Crippen LogP contribution in [0.25, 0.3) is 0 Å². The highest BCUT2D eigenvalue weighted by Gasteiger charge is 2.79. The summed E-state index contributed by atoms with van der Waals surface area (Å²) in [6, 6.07) is 0. The fourth-order valence-corrected chi connectivity index (χ4v) is 2.28. The van der Waals surface area contributed by atoms with Crippen molar-refractivity contribution >= 4 is 11.9 Å². The molecule has 2 unspecified atom stereocenters. The van der Waals surface area contributed by atoms with Crippen molar-refractivity contribution in [2.75, 3.05) is 6.61 Å². The van der Waals surface area contributed by atoms with E-state index < -0.39 is 103 Å². The van der Waals surface area contributed by atoms with Crippen LogP contribution in [-0.4, -0.2) is 92.2 Å². The van der Waals surface area contributed by atoms with Crippen molar-refractivity contribution in [3.8, 4) is 0 Å². The van der Waals surface area contributed by atoms with E-state index >= 15 is 4.39 Å². The van der Waals surface area contributed by atoms with Gasteiger partial charge in [-0.1, -0.05) is 13.2 Å². The van der Waals surface area contributed by atoms with E-state index in [0.29, 0.717) is 6.92 Å². The van der Waals surface area contributed by atoms with Crippen molar-refractivity contribution < 1.29 is 139 Å².